The minimum absolute atomic E-state index is 0.197. The van der Waals surface area contributed by atoms with Crippen molar-refractivity contribution in [3.05, 3.63) is 41.1 Å². The molecule has 0 unspecified atom stereocenters. The number of nitriles is 1. The molecule has 0 bridgehead atoms. The zero-order chi connectivity index (χ0) is 21.5. The highest BCUT2D eigenvalue weighted by atomic mass is 16.5. The summed E-state index contributed by atoms with van der Waals surface area (Å²) in [6.07, 6.45) is 1.50. The summed E-state index contributed by atoms with van der Waals surface area (Å²) >= 11 is 0. The lowest BCUT2D eigenvalue weighted by molar-refractivity contribution is -0.142. The lowest BCUT2D eigenvalue weighted by Crippen LogP contribution is -2.48. The van der Waals surface area contributed by atoms with Crippen LogP contribution in [0.1, 0.15) is 30.7 Å². The Morgan fingerprint density at radius 1 is 1.13 bits per heavy atom. The first kappa shape index (κ1) is 21.5. The molecule has 0 spiro atoms. The molecule has 1 aromatic carbocycles. The van der Waals surface area contributed by atoms with Crippen LogP contribution >= 0.6 is 0 Å². The lowest BCUT2D eigenvalue weighted by Gasteiger charge is -2.35. The molecule has 2 heterocycles. The molecule has 0 atom stereocenters. The molecule has 0 saturated carbocycles. The van der Waals surface area contributed by atoms with Gasteiger partial charge in [-0.15, -0.1) is 5.10 Å². The van der Waals surface area contributed by atoms with Crippen molar-refractivity contribution < 1.29 is 9.53 Å². The second-order valence-corrected chi connectivity index (χ2v) is 7.18. The number of anilines is 3. The van der Waals surface area contributed by atoms with Crippen LogP contribution in [0.5, 0.6) is 0 Å². The number of methoxy groups -OCH3 is 1. The van der Waals surface area contributed by atoms with Crippen LogP contribution in [-0.4, -0.2) is 60.9 Å². The van der Waals surface area contributed by atoms with Crippen molar-refractivity contribution in [2.24, 2.45) is 0 Å². The number of carbonyl (C=O) groups is 1. The number of aryl methyl sites for hydroxylation is 1. The van der Waals surface area contributed by atoms with Gasteiger partial charge in [-0.05, 0) is 42.7 Å². The lowest BCUT2D eigenvalue weighted by atomic mass is 10.0. The summed E-state index contributed by atoms with van der Waals surface area (Å²) in [5.74, 6) is 0.299. The van der Waals surface area contributed by atoms with Crippen molar-refractivity contribution in [3.63, 3.8) is 0 Å². The number of carbonyl (C=O) groups excluding carboxylic acids is 1. The Labute approximate surface area is 177 Å². The predicted molar refractivity (Wildman–Crippen MR) is 116 cm³/mol. The van der Waals surface area contributed by atoms with Crippen LogP contribution in [0, 0.1) is 11.3 Å². The van der Waals surface area contributed by atoms with Gasteiger partial charge in [0.15, 0.2) is 5.82 Å². The Bertz CT molecular complexity index is 914. The Balaban J connectivity index is 1.66. The number of nitrogens with one attached hydrogen (secondary N) is 1. The number of hydrogen-bond donors (Lipinski definition) is 1. The zero-order valence-electron chi connectivity index (χ0n) is 17.8. The topological polar surface area (TPSA) is 94.4 Å². The van der Waals surface area contributed by atoms with Gasteiger partial charge in [-0.25, -0.2) is 0 Å². The molecule has 0 aliphatic carbocycles. The summed E-state index contributed by atoms with van der Waals surface area (Å²) in [6, 6.07) is 10.4. The first-order chi connectivity index (χ1) is 14.6. The maximum absolute atomic E-state index is 11.4. The smallest absolute Gasteiger partial charge is 0.319 e. The summed E-state index contributed by atoms with van der Waals surface area (Å²) in [7, 11) is 1.42. The van der Waals surface area contributed by atoms with Gasteiger partial charge in [-0.3, -0.25) is 9.69 Å². The molecule has 2 aromatic rings. The van der Waals surface area contributed by atoms with Crippen molar-refractivity contribution in [2.75, 3.05) is 50.1 Å². The van der Waals surface area contributed by atoms with E-state index in [1.165, 1.54) is 7.11 Å². The van der Waals surface area contributed by atoms with E-state index in [-0.39, 0.29) is 5.97 Å². The summed E-state index contributed by atoms with van der Waals surface area (Å²) < 4.78 is 4.74. The van der Waals surface area contributed by atoms with E-state index < -0.39 is 0 Å². The number of ether oxygens (including phenoxy) is 1. The molecule has 0 amide bonds. The molecule has 1 N–H and O–H groups in total. The summed E-state index contributed by atoms with van der Waals surface area (Å²) in [5, 5.41) is 21.4. The van der Waals surface area contributed by atoms with Crippen molar-refractivity contribution in [3.8, 4) is 6.07 Å². The molecule has 3 rings (SSSR count). The average molecular weight is 409 g/mol. The number of aromatic nitrogens is 2. The molecule has 1 saturated heterocycles. The quantitative estimate of drug-likeness (QED) is 0.699. The number of hydrogen-bond acceptors (Lipinski definition) is 8. The standard InChI is InChI=1S/C22H28N6O2/c1-4-18-19(14-23)22(26-25-20(18)5-2)24-16-6-8-17(9-7-16)28-12-10-27(11-13-28)15-21(29)30-3/h6-9H,4-5,10-13,15H2,1-3H3,(H,24,26). The van der Waals surface area contributed by atoms with Crippen molar-refractivity contribution in [1.29, 1.82) is 5.26 Å². The Hall–Kier alpha value is -3.18. The van der Waals surface area contributed by atoms with Crippen molar-refractivity contribution in [1.82, 2.24) is 15.1 Å². The molecule has 30 heavy (non-hydrogen) atoms. The summed E-state index contributed by atoms with van der Waals surface area (Å²) in [5.41, 5.74) is 4.39. The van der Waals surface area contributed by atoms with Crippen LogP contribution in [0.15, 0.2) is 24.3 Å². The largest absolute Gasteiger partial charge is 0.468 e. The fourth-order valence-corrected chi connectivity index (χ4v) is 3.68. The maximum atomic E-state index is 11.4. The monoisotopic (exact) mass is 408 g/mol. The minimum Gasteiger partial charge on any atom is -0.468 e. The molecule has 8 heteroatoms. The number of rotatable bonds is 7. The van der Waals surface area contributed by atoms with Crippen LogP contribution in [0.4, 0.5) is 17.2 Å². The van der Waals surface area contributed by atoms with Gasteiger partial charge in [-0.2, -0.15) is 10.4 Å². The molecule has 1 aliphatic rings. The highest BCUT2D eigenvalue weighted by Crippen LogP contribution is 2.25. The van der Waals surface area contributed by atoms with E-state index in [0.717, 1.165) is 61.7 Å². The number of esters is 1. The van der Waals surface area contributed by atoms with E-state index in [1.807, 2.05) is 26.0 Å². The Morgan fingerprint density at radius 3 is 2.40 bits per heavy atom. The van der Waals surface area contributed by atoms with Crippen LogP contribution in [0.3, 0.4) is 0 Å². The highest BCUT2D eigenvalue weighted by molar-refractivity contribution is 5.71. The summed E-state index contributed by atoms with van der Waals surface area (Å²) in [4.78, 5) is 15.8. The van der Waals surface area contributed by atoms with Gasteiger partial charge in [-0.1, -0.05) is 13.8 Å². The number of piperazine rings is 1. The van der Waals surface area contributed by atoms with Gasteiger partial charge < -0.3 is 15.0 Å². The Morgan fingerprint density at radius 2 is 1.83 bits per heavy atom. The SMILES string of the molecule is CCc1nnc(Nc2ccc(N3CCN(CC(=O)OC)CC3)cc2)c(C#N)c1CC. The number of benzene rings is 1. The fourth-order valence-electron chi connectivity index (χ4n) is 3.68. The third kappa shape index (κ3) is 4.86. The zero-order valence-corrected chi connectivity index (χ0v) is 17.8. The molecule has 1 fully saturated rings. The van der Waals surface area contributed by atoms with Gasteiger partial charge in [0, 0.05) is 37.6 Å². The van der Waals surface area contributed by atoms with Gasteiger partial charge in [0.25, 0.3) is 0 Å². The number of nitrogens with zero attached hydrogens (tertiary/aromatic N) is 5. The van der Waals surface area contributed by atoms with Crippen LogP contribution in [0.2, 0.25) is 0 Å². The molecule has 1 aliphatic heterocycles. The van der Waals surface area contributed by atoms with E-state index in [1.54, 1.807) is 0 Å². The van der Waals surface area contributed by atoms with E-state index >= 15 is 0 Å². The van der Waals surface area contributed by atoms with Crippen LogP contribution < -0.4 is 10.2 Å². The first-order valence-electron chi connectivity index (χ1n) is 10.3. The van der Waals surface area contributed by atoms with E-state index in [0.29, 0.717) is 17.9 Å². The third-order valence-corrected chi connectivity index (χ3v) is 5.41. The first-order valence-corrected chi connectivity index (χ1v) is 10.3. The van der Waals surface area contributed by atoms with Gasteiger partial charge >= 0.3 is 5.97 Å². The minimum atomic E-state index is -0.197. The predicted octanol–water partition coefficient (Wildman–Crippen LogP) is 2.51. The van der Waals surface area contributed by atoms with Gasteiger partial charge in [0.2, 0.25) is 0 Å². The fraction of sp³-hybridized carbons (Fsp3) is 0.455. The average Bonchev–Trinajstić information content (AvgIpc) is 2.79. The second-order valence-electron chi connectivity index (χ2n) is 7.18. The normalized spacial score (nSPS) is 14.3. The van der Waals surface area contributed by atoms with Crippen LogP contribution in [0.25, 0.3) is 0 Å². The third-order valence-electron chi connectivity index (χ3n) is 5.41. The molecule has 1 aromatic heterocycles. The second kappa shape index (κ2) is 10.0. The van der Waals surface area contributed by atoms with Gasteiger partial charge in [0.1, 0.15) is 11.6 Å². The van der Waals surface area contributed by atoms with E-state index in [4.69, 9.17) is 4.74 Å². The molecular weight excluding hydrogens is 380 g/mol. The molecule has 0 radical (unpaired) electrons. The molecule has 158 valence electrons. The Kier molecular flexibility index (Phi) is 7.20. The van der Waals surface area contributed by atoms with E-state index in [2.05, 4.69) is 43.5 Å². The molecular formula is C22H28N6O2. The van der Waals surface area contributed by atoms with Gasteiger partial charge in [0.05, 0.1) is 19.3 Å². The van der Waals surface area contributed by atoms with Crippen LogP contribution in [-0.2, 0) is 22.4 Å². The van der Waals surface area contributed by atoms with Crippen molar-refractivity contribution in [2.45, 2.75) is 26.7 Å². The molecule has 8 nitrogen and oxygen atoms in total. The highest BCUT2D eigenvalue weighted by Gasteiger charge is 2.19. The summed E-state index contributed by atoms with van der Waals surface area (Å²) in [6.45, 7) is 7.73. The van der Waals surface area contributed by atoms with E-state index in [9.17, 15) is 10.1 Å². The maximum Gasteiger partial charge on any atom is 0.319 e. The van der Waals surface area contributed by atoms with Crippen molar-refractivity contribution >= 4 is 23.2 Å².